The van der Waals surface area contributed by atoms with E-state index in [2.05, 4.69) is 0 Å². The molecular formula is C9H19NO4. The molecule has 0 spiro atoms. The van der Waals surface area contributed by atoms with Crippen molar-refractivity contribution < 1.29 is 19.7 Å². The first-order valence-electron chi connectivity index (χ1n) is 4.75. The number of ether oxygens (including phenoxy) is 1. The smallest absolute Gasteiger partial charge is 0.320 e. The van der Waals surface area contributed by atoms with Crippen molar-refractivity contribution in [3.63, 3.8) is 0 Å². The molecule has 0 fully saturated rings. The zero-order valence-electron chi connectivity index (χ0n) is 8.77. The molecule has 0 rings (SSSR count). The molecular weight excluding hydrogens is 186 g/mol. The van der Waals surface area contributed by atoms with E-state index >= 15 is 0 Å². The molecule has 0 saturated carbocycles. The van der Waals surface area contributed by atoms with E-state index in [1.807, 2.05) is 6.92 Å². The Labute approximate surface area is 84.3 Å². The number of carboxylic acids is 1. The molecule has 0 saturated heterocycles. The fraction of sp³-hybridized carbons (Fsp3) is 0.889. The maximum atomic E-state index is 10.7. The quantitative estimate of drug-likeness (QED) is 0.537. The van der Waals surface area contributed by atoms with E-state index in [0.717, 1.165) is 0 Å². The van der Waals surface area contributed by atoms with E-state index in [-0.39, 0.29) is 6.61 Å². The second-order valence-corrected chi connectivity index (χ2v) is 3.08. The van der Waals surface area contributed by atoms with Gasteiger partial charge in [0.1, 0.15) is 6.04 Å². The first-order valence-corrected chi connectivity index (χ1v) is 4.75. The first-order chi connectivity index (χ1) is 6.63. The Bertz CT molecular complexity index is 163. The minimum Gasteiger partial charge on any atom is -0.480 e. The van der Waals surface area contributed by atoms with Crippen molar-refractivity contribution in [2.45, 2.75) is 19.4 Å². The number of aliphatic hydroxyl groups is 1. The van der Waals surface area contributed by atoms with Crippen LogP contribution in [0.2, 0.25) is 0 Å². The minimum absolute atomic E-state index is 0.000148. The summed E-state index contributed by atoms with van der Waals surface area (Å²) in [5.41, 5.74) is 0. The monoisotopic (exact) mass is 205 g/mol. The molecule has 14 heavy (non-hydrogen) atoms. The van der Waals surface area contributed by atoms with Crippen LogP contribution in [0.3, 0.4) is 0 Å². The Morgan fingerprint density at radius 2 is 2.14 bits per heavy atom. The second-order valence-electron chi connectivity index (χ2n) is 3.08. The van der Waals surface area contributed by atoms with Crippen molar-refractivity contribution in [3.8, 4) is 0 Å². The van der Waals surface area contributed by atoms with Gasteiger partial charge in [0.15, 0.2) is 0 Å². The minimum atomic E-state index is -0.808. The van der Waals surface area contributed by atoms with Gasteiger partial charge in [0.2, 0.25) is 0 Å². The predicted octanol–water partition coefficient (Wildman–Crippen LogP) is -0.210. The maximum absolute atomic E-state index is 10.7. The van der Waals surface area contributed by atoms with Crippen LogP contribution in [0.4, 0.5) is 0 Å². The fourth-order valence-corrected chi connectivity index (χ4v) is 1.21. The average molecular weight is 205 g/mol. The van der Waals surface area contributed by atoms with Crippen molar-refractivity contribution in [1.82, 2.24) is 4.90 Å². The van der Waals surface area contributed by atoms with Crippen molar-refractivity contribution in [3.05, 3.63) is 0 Å². The normalized spacial score (nSPS) is 13.1. The van der Waals surface area contributed by atoms with E-state index < -0.39 is 12.0 Å². The number of carbonyl (C=O) groups is 1. The third kappa shape index (κ3) is 5.16. The summed E-state index contributed by atoms with van der Waals surface area (Å²) in [7, 11) is 1.75. The molecule has 0 aliphatic heterocycles. The first kappa shape index (κ1) is 13.4. The zero-order valence-corrected chi connectivity index (χ0v) is 8.77. The lowest BCUT2D eigenvalue weighted by atomic mass is 10.2. The van der Waals surface area contributed by atoms with Crippen LogP contribution in [0.5, 0.6) is 0 Å². The van der Waals surface area contributed by atoms with Crippen LogP contribution in [-0.2, 0) is 9.53 Å². The number of aliphatic hydroxyl groups excluding tert-OH is 1. The highest BCUT2D eigenvalue weighted by Crippen LogP contribution is 2.01. The largest absolute Gasteiger partial charge is 0.480 e. The van der Waals surface area contributed by atoms with Crippen LogP contribution in [0.25, 0.3) is 0 Å². The van der Waals surface area contributed by atoms with Gasteiger partial charge in [-0.3, -0.25) is 9.69 Å². The summed E-state index contributed by atoms with van der Waals surface area (Å²) in [6, 6.07) is -0.451. The molecule has 0 amide bonds. The van der Waals surface area contributed by atoms with E-state index in [1.54, 1.807) is 11.9 Å². The lowest BCUT2D eigenvalue weighted by molar-refractivity contribution is -0.143. The third-order valence-corrected chi connectivity index (χ3v) is 2.03. The van der Waals surface area contributed by atoms with Crippen LogP contribution < -0.4 is 0 Å². The molecule has 0 aromatic rings. The summed E-state index contributed by atoms with van der Waals surface area (Å²) >= 11 is 0. The van der Waals surface area contributed by atoms with Crippen LogP contribution >= 0.6 is 0 Å². The van der Waals surface area contributed by atoms with Gasteiger partial charge in [0.25, 0.3) is 0 Å². The number of carboxylic acid groups (broad SMARTS) is 1. The molecule has 0 aromatic carbocycles. The Balaban J connectivity index is 3.69. The van der Waals surface area contributed by atoms with Crippen LogP contribution in [0.15, 0.2) is 0 Å². The Morgan fingerprint density at radius 3 is 2.57 bits per heavy atom. The SMILES string of the molecule is CCC(C(=O)O)N(C)CCOCCO. The highest BCUT2D eigenvalue weighted by molar-refractivity contribution is 5.73. The predicted molar refractivity (Wildman–Crippen MR) is 52.2 cm³/mol. The summed E-state index contributed by atoms with van der Waals surface area (Å²) in [6.45, 7) is 3.15. The van der Waals surface area contributed by atoms with Gasteiger partial charge >= 0.3 is 5.97 Å². The molecule has 0 bridgehead atoms. The highest BCUT2D eigenvalue weighted by atomic mass is 16.5. The molecule has 1 unspecified atom stereocenters. The van der Waals surface area contributed by atoms with Gasteiger partial charge < -0.3 is 14.9 Å². The maximum Gasteiger partial charge on any atom is 0.320 e. The number of likely N-dealkylation sites (N-methyl/N-ethyl adjacent to an activating group) is 1. The number of aliphatic carboxylic acids is 1. The highest BCUT2D eigenvalue weighted by Gasteiger charge is 2.19. The molecule has 0 aliphatic carbocycles. The molecule has 1 atom stereocenters. The molecule has 0 heterocycles. The van der Waals surface area contributed by atoms with E-state index in [9.17, 15) is 4.79 Å². The molecule has 0 radical (unpaired) electrons. The Morgan fingerprint density at radius 1 is 1.50 bits per heavy atom. The molecule has 5 nitrogen and oxygen atoms in total. The van der Waals surface area contributed by atoms with Gasteiger partial charge in [-0.25, -0.2) is 0 Å². The summed E-state index contributed by atoms with van der Waals surface area (Å²) in [5.74, 6) is -0.808. The summed E-state index contributed by atoms with van der Waals surface area (Å²) in [5, 5.41) is 17.3. The average Bonchev–Trinajstić information content (AvgIpc) is 2.13. The van der Waals surface area contributed by atoms with Gasteiger partial charge in [-0.05, 0) is 13.5 Å². The van der Waals surface area contributed by atoms with E-state index in [4.69, 9.17) is 14.9 Å². The topological polar surface area (TPSA) is 70.0 Å². The van der Waals surface area contributed by atoms with Crippen molar-refractivity contribution in [1.29, 1.82) is 0 Å². The summed E-state index contributed by atoms with van der Waals surface area (Å²) < 4.78 is 5.04. The Kier molecular flexibility index (Phi) is 7.37. The summed E-state index contributed by atoms with van der Waals surface area (Å²) in [6.07, 6.45) is 0.575. The van der Waals surface area contributed by atoms with Crippen LogP contribution in [0.1, 0.15) is 13.3 Å². The van der Waals surface area contributed by atoms with E-state index in [0.29, 0.717) is 26.2 Å². The van der Waals surface area contributed by atoms with Crippen molar-refractivity contribution in [2.24, 2.45) is 0 Å². The Hall–Kier alpha value is -0.650. The van der Waals surface area contributed by atoms with Gasteiger partial charge in [0.05, 0.1) is 19.8 Å². The standard InChI is InChI=1S/C9H19NO4/c1-3-8(9(12)13)10(2)4-6-14-7-5-11/h8,11H,3-7H2,1-2H3,(H,12,13). The molecule has 5 heteroatoms. The zero-order chi connectivity index (χ0) is 11.0. The lowest BCUT2D eigenvalue weighted by Gasteiger charge is -2.22. The van der Waals surface area contributed by atoms with Crippen molar-refractivity contribution in [2.75, 3.05) is 33.4 Å². The van der Waals surface area contributed by atoms with Crippen LogP contribution in [-0.4, -0.2) is 60.5 Å². The molecule has 0 aliphatic rings. The van der Waals surface area contributed by atoms with Crippen molar-refractivity contribution >= 4 is 5.97 Å². The second kappa shape index (κ2) is 7.73. The summed E-state index contributed by atoms with van der Waals surface area (Å²) in [4.78, 5) is 12.5. The molecule has 0 aromatic heterocycles. The molecule has 2 N–H and O–H groups in total. The number of hydrogen-bond donors (Lipinski definition) is 2. The van der Waals surface area contributed by atoms with Crippen LogP contribution in [0, 0.1) is 0 Å². The van der Waals surface area contributed by atoms with Gasteiger partial charge in [-0.15, -0.1) is 0 Å². The van der Waals surface area contributed by atoms with Gasteiger partial charge in [-0.2, -0.15) is 0 Å². The number of hydrogen-bond acceptors (Lipinski definition) is 4. The number of rotatable bonds is 8. The van der Waals surface area contributed by atoms with Gasteiger partial charge in [-0.1, -0.05) is 6.92 Å². The third-order valence-electron chi connectivity index (χ3n) is 2.03. The fourth-order valence-electron chi connectivity index (χ4n) is 1.21. The van der Waals surface area contributed by atoms with Gasteiger partial charge in [0, 0.05) is 6.54 Å². The number of nitrogens with zero attached hydrogens (tertiary/aromatic N) is 1. The lowest BCUT2D eigenvalue weighted by Crippen LogP contribution is -2.39. The molecule has 84 valence electrons. The van der Waals surface area contributed by atoms with E-state index in [1.165, 1.54) is 0 Å².